The number of ether oxygens (including phenoxy) is 2. The second kappa shape index (κ2) is 5.34. The van der Waals surface area contributed by atoms with Crippen LogP contribution in [-0.4, -0.2) is 30.2 Å². The summed E-state index contributed by atoms with van der Waals surface area (Å²) in [5.41, 5.74) is 0. The van der Waals surface area contributed by atoms with Gasteiger partial charge in [-0.15, -0.1) is 0 Å². The van der Waals surface area contributed by atoms with Gasteiger partial charge in [-0.25, -0.2) is 0 Å². The molecule has 18 heavy (non-hydrogen) atoms. The second-order valence-electron chi connectivity index (χ2n) is 6.40. The molecule has 3 rings (SSSR count). The first-order chi connectivity index (χ1) is 8.70. The average molecular weight is 270 g/mol. The van der Waals surface area contributed by atoms with Crippen molar-refractivity contribution in [3.8, 4) is 0 Å². The molecule has 0 spiro atoms. The van der Waals surface area contributed by atoms with E-state index in [1.165, 1.54) is 25.7 Å². The molecule has 0 bridgehead atoms. The fourth-order valence-electron chi connectivity index (χ4n) is 4.36. The van der Waals surface area contributed by atoms with Gasteiger partial charge in [0.25, 0.3) is 0 Å². The Bertz CT molecular complexity index is 296. The van der Waals surface area contributed by atoms with E-state index in [1.807, 2.05) is 0 Å². The van der Waals surface area contributed by atoms with Gasteiger partial charge in [0.1, 0.15) is 0 Å². The van der Waals surface area contributed by atoms with E-state index in [-0.39, 0.29) is 0 Å². The van der Waals surface area contributed by atoms with Gasteiger partial charge in [0.2, 0.25) is 0 Å². The van der Waals surface area contributed by atoms with E-state index in [0.29, 0.717) is 29.5 Å². The maximum absolute atomic E-state index is 6.37. The van der Waals surface area contributed by atoms with Crippen molar-refractivity contribution in [2.24, 2.45) is 17.8 Å². The number of fused-ring (bicyclic) bond motifs is 3. The molecule has 0 aromatic carbocycles. The molecule has 0 aromatic rings. The Balaban J connectivity index is 1.68. The SMILES string of the molecule is CCOC1CCC2C(C1)OC1C(S)C(C)CCC21. The van der Waals surface area contributed by atoms with Crippen LogP contribution in [0.2, 0.25) is 0 Å². The molecule has 2 nitrogen and oxygen atoms in total. The molecule has 2 aliphatic carbocycles. The molecule has 1 aliphatic heterocycles. The van der Waals surface area contributed by atoms with Crippen LogP contribution in [-0.2, 0) is 9.47 Å². The fraction of sp³-hybridized carbons (Fsp3) is 1.00. The number of hydrogen-bond acceptors (Lipinski definition) is 3. The Labute approximate surface area is 116 Å². The maximum atomic E-state index is 6.37. The topological polar surface area (TPSA) is 18.5 Å². The summed E-state index contributed by atoms with van der Waals surface area (Å²) in [6.45, 7) is 5.25. The molecule has 0 aromatic heterocycles. The first-order valence-electron chi connectivity index (χ1n) is 7.65. The Kier molecular flexibility index (Phi) is 3.93. The third kappa shape index (κ3) is 2.23. The summed E-state index contributed by atoms with van der Waals surface area (Å²) in [6.07, 6.45) is 7.62. The number of rotatable bonds is 2. The standard InChI is InChI=1S/C15H26O2S/c1-3-16-10-5-7-11-12-6-4-9(2)15(18)14(12)17-13(11)8-10/h9-15,18H,3-8H2,1-2H3. The van der Waals surface area contributed by atoms with E-state index in [4.69, 9.17) is 22.1 Å². The quantitative estimate of drug-likeness (QED) is 0.776. The molecule has 0 amide bonds. The minimum atomic E-state index is 0.410. The lowest BCUT2D eigenvalue weighted by Gasteiger charge is -2.37. The van der Waals surface area contributed by atoms with Crippen LogP contribution < -0.4 is 0 Å². The summed E-state index contributed by atoms with van der Waals surface area (Å²) in [5, 5.41) is 0.444. The van der Waals surface area contributed by atoms with Gasteiger partial charge in [-0.2, -0.15) is 12.6 Å². The third-order valence-corrected chi connectivity index (χ3v) is 6.18. The summed E-state index contributed by atoms with van der Waals surface area (Å²) in [6, 6.07) is 0. The highest BCUT2D eigenvalue weighted by molar-refractivity contribution is 7.81. The van der Waals surface area contributed by atoms with Crippen molar-refractivity contribution in [1.29, 1.82) is 0 Å². The minimum absolute atomic E-state index is 0.410. The van der Waals surface area contributed by atoms with Crippen LogP contribution in [0.15, 0.2) is 0 Å². The molecule has 0 radical (unpaired) electrons. The van der Waals surface area contributed by atoms with Gasteiger partial charge in [0.05, 0.1) is 18.3 Å². The largest absolute Gasteiger partial charge is 0.378 e. The zero-order valence-corrected chi connectivity index (χ0v) is 12.4. The maximum Gasteiger partial charge on any atom is 0.0729 e. The molecule has 1 saturated heterocycles. The zero-order chi connectivity index (χ0) is 12.7. The molecule has 104 valence electrons. The van der Waals surface area contributed by atoms with Gasteiger partial charge in [-0.1, -0.05) is 6.92 Å². The van der Waals surface area contributed by atoms with Crippen molar-refractivity contribution < 1.29 is 9.47 Å². The smallest absolute Gasteiger partial charge is 0.0729 e. The van der Waals surface area contributed by atoms with Crippen LogP contribution in [0.3, 0.4) is 0 Å². The predicted octanol–water partition coefficient (Wildman–Crippen LogP) is 3.30. The Morgan fingerprint density at radius 1 is 1.17 bits per heavy atom. The minimum Gasteiger partial charge on any atom is -0.378 e. The molecule has 1 heterocycles. The van der Waals surface area contributed by atoms with E-state index >= 15 is 0 Å². The van der Waals surface area contributed by atoms with Crippen LogP contribution in [0.5, 0.6) is 0 Å². The van der Waals surface area contributed by atoms with Crippen molar-refractivity contribution >= 4 is 12.6 Å². The lowest BCUT2D eigenvalue weighted by Crippen LogP contribution is -2.38. The fourth-order valence-corrected chi connectivity index (χ4v) is 4.80. The van der Waals surface area contributed by atoms with E-state index in [0.717, 1.165) is 24.9 Å². The van der Waals surface area contributed by atoms with Crippen LogP contribution in [0, 0.1) is 17.8 Å². The van der Waals surface area contributed by atoms with E-state index in [9.17, 15) is 0 Å². The molecule has 0 N–H and O–H groups in total. The highest BCUT2D eigenvalue weighted by Crippen LogP contribution is 2.50. The van der Waals surface area contributed by atoms with Crippen molar-refractivity contribution in [2.75, 3.05) is 6.61 Å². The molecular weight excluding hydrogens is 244 g/mol. The van der Waals surface area contributed by atoms with Gasteiger partial charge in [0.15, 0.2) is 0 Å². The second-order valence-corrected chi connectivity index (χ2v) is 7.00. The van der Waals surface area contributed by atoms with Gasteiger partial charge in [0, 0.05) is 18.3 Å². The van der Waals surface area contributed by atoms with Crippen LogP contribution in [0.25, 0.3) is 0 Å². The van der Waals surface area contributed by atoms with Gasteiger partial charge < -0.3 is 9.47 Å². The Hall–Kier alpha value is 0.270. The first-order valence-corrected chi connectivity index (χ1v) is 8.17. The molecule has 2 saturated carbocycles. The summed E-state index contributed by atoms with van der Waals surface area (Å²) in [7, 11) is 0. The zero-order valence-electron chi connectivity index (χ0n) is 11.5. The van der Waals surface area contributed by atoms with Gasteiger partial charge in [-0.05, 0) is 50.4 Å². The molecule has 7 unspecified atom stereocenters. The van der Waals surface area contributed by atoms with Crippen molar-refractivity contribution in [2.45, 2.75) is 69.5 Å². The molecule has 3 aliphatic rings. The Morgan fingerprint density at radius 2 is 1.94 bits per heavy atom. The van der Waals surface area contributed by atoms with E-state index in [2.05, 4.69) is 13.8 Å². The van der Waals surface area contributed by atoms with E-state index < -0.39 is 0 Å². The van der Waals surface area contributed by atoms with Crippen LogP contribution in [0.4, 0.5) is 0 Å². The number of thiol groups is 1. The summed E-state index contributed by atoms with van der Waals surface area (Å²) < 4.78 is 12.2. The van der Waals surface area contributed by atoms with Crippen molar-refractivity contribution in [3.63, 3.8) is 0 Å². The molecular formula is C15H26O2S. The predicted molar refractivity (Wildman–Crippen MR) is 76.1 cm³/mol. The van der Waals surface area contributed by atoms with Crippen molar-refractivity contribution in [3.05, 3.63) is 0 Å². The average Bonchev–Trinajstić information content (AvgIpc) is 2.73. The lowest BCUT2D eigenvalue weighted by atomic mass is 9.70. The molecule has 7 atom stereocenters. The van der Waals surface area contributed by atoms with Crippen LogP contribution in [0.1, 0.15) is 46.0 Å². The first kappa shape index (κ1) is 13.3. The summed E-state index contributed by atoms with van der Waals surface area (Å²) in [4.78, 5) is 0. The normalized spacial score (nSPS) is 51.8. The molecule has 3 heteroatoms. The highest BCUT2D eigenvalue weighted by Gasteiger charge is 2.51. The van der Waals surface area contributed by atoms with Gasteiger partial charge >= 0.3 is 0 Å². The monoisotopic (exact) mass is 270 g/mol. The Morgan fingerprint density at radius 3 is 2.72 bits per heavy atom. The van der Waals surface area contributed by atoms with Crippen LogP contribution >= 0.6 is 12.6 Å². The lowest BCUT2D eigenvalue weighted by molar-refractivity contribution is -0.0477. The third-order valence-electron chi connectivity index (χ3n) is 5.38. The number of hydrogen-bond donors (Lipinski definition) is 1. The summed E-state index contributed by atoms with van der Waals surface area (Å²) >= 11 is 4.82. The van der Waals surface area contributed by atoms with E-state index in [1.54, 1.807) is 0 Å². The van der Waals surface area contributed by atoms with Gasteiger partial charge in [-0.3, -0.25) is 0 Å². The van der Waals surface area contributed by atoms with Crippen molar-refractivity contribution in [1.82, 2.24) is 0 Å². The highest BCUT2D eigenvalue weighted by atomic mass is 32.1. The summed E-state index contributed by atoms with van der Waals surface area (Å²) in [5.74, 6) is 2.27. The molecule has 3 fully saturated rings.